The maximum atomic E-state index is 12.8. The van der Waals surface area contributed by atoms with Crippen molar-refractivity contribution in [3.8, 4) is 17.1 Å². The molecule has 30 heavy (non-hydrogen) atoms. The first-order valence-corrected chi connectivity index (χ1v) is 10.3. The van der Waals surface area contributed by atoms with Crippen molar-refractivity contribution in [2.75, 3.05) is 5.32 Å². The quantitative estimate of drug-likeness (QED) is 0.444. The maximum Gasteiger partial charge on any atom is 0.259 e. The van der Waals surface area contributed by atoms with Gasteiger partial charge in [0.05, 0.1) is 33.7 Å². The monoisotopic (exact) mass is 414 g/mol. The lowest BCUT2D eigenvalue weighted by atomic mass is 10.1. The highest BCUT2D eigenvalue weighted by Gasteiger charge is 2.20. The number of aromatic nitrogens is 5. The summed E-state index contributed by atoms with van der Waals surface area (Å²) in [4.78, 5) is 25.0. The molecule has 0 saturated carbocycles. The fraction of sp³-hybridized carbons (Fsp3) is 0.0909. The molecule has 0 bridgehead atoms. The first kappa shape index (κ1) is 18.3. The zero-order valence-corrected chi connectivity index (χ0v) is 17.2. The van der Waals surface area contributed by atoms with Crippen LogP contribution in [0.15, 0.2) is 60.1 Å². The van der Waals surface area contributed by atoms with E-state index in [1.54, 1.807) is 12.3 Å². The molecule has 0 aliphatic heterocycles. The number of carbonyl (C=O) groups excluding carboxylic acids is 1. The molecule has 0 aliphatic carbocycles. The number of amides is 1. The van der Waals surface area contributed by atoms with Gasteiger partial charge in [-0.15, -0.1) is 11.3 Å². The standard InChI is InChI=1S/C22H18N6OS/c1-13-18(14(2)28(27-13)15-7-4-3-5-8-15)20-24-17-10-6-9-16(19(17)25-20)21(29)26-22-23-11-12-30-22/h3-12H,1-2H3,(H,24,25)(H,23,26,29). The summed E-state index contributed by atoms with van der Waals surface area (Å²) in [5.74, 6) is 0.457. The van der Waals surface area contributed by atoms with Gasteiger partial charge in [0.25, 0.3) is 5.91 Å². The van der Waals surface area contributed by atoms with Crippen molar-refractivity contribution in [2.24, 2.45) is 0 Å². The lowest BCUT2D eigenvalue weighted by Crippen LogP contribution is -2.12. The van der Waals surface area contributed by atoms with E-state index in [0.29, 0.717) is 22.0 Å². The van der Waals surface area contributed by atoms with Gasteiger partial charge in [-0.05, 0) is 38.1 Å². The van der Waals surface area contributed by atoms with Gasteiger partial charge in [0, 0.05) is 11.6 Å². The molecular formula is C22H18N6OS. The molecule has 0 saturated heterocycles. The second-order valence-electron chi connectivity index (χ2n) is 6.87. The highest BCUT2D eigenvalue weighted by molar-refractivity contribution is 7.13. The average Bonchev–Trinajstić information content (AvgIpc) is 3.47. The van der Waals surface area contributed by atoms with Crippen LogP contribution >= 0.6 is 11.3 Å². The number of carbonyl (C=O) groups is 1. The molecule has 0 unspecified atom stereocenters. The fourth-order valence-corrected chi connectivity index (χ4v) is 4.11. The molecule has 7 nitrogen and oxygen atoms in total. The summed E-state index contributed by atoms with van der Waals surface area (Å²) in [5.41, 5.74) is 5.67. The number of anilines is 1. The zero-order chi connectivity index (χ0) is 20.7. The van der Waals surface area contributed by atoms with Crippen molar-refractivity contribution in [3.05, 3.63) is 77.1 Å². The van der Waals surface area contributed by atoms with Gasteiger partial charge >= 0.3 is 0 Å². The van der Waals surface area contributed by atoms with E-state index >= 15 is 0 Å². The Labute approximate surface area is 176 Å². The SMILES string of the molecule is Cc1nn(-c2ccccc2)c(C)c1-c1nc2c(C(=O)Nc3nccs3)cccc2[nH]1. The Kier molecular flexibility index (Phi) is 4.40. The van der Waals surface area contributed by atoms with Crippen LogP contribution in [-0.4, -0.2) is 30.6 Å². The maximum absolute atomic E-state index is 12.8. The number of imidazole rings is 1. The van der Waals surface area contributed by atoms with Gasteiger partial charge in [-0.3, -0.25) is 10.1 Å². The van der Waals surface area contributed by atoms with E-state index < -0.39 is 0 Å². The minimum absolute atomic E-state index is 0.234. The number of benzene rings is 2. The van der Waals surface area contributed by atoms with Gasteiger partial charge in [-0.1, -0.05) is 24.3 Å². The number of fused-ring (bicyclic) bond motifs is 1. The van der Waals surface area contributed by atoms with Crippen LogP contribution in [0.1, 0.15) is 21.7 Å². The van der Waals surface area contributed by atoms with Crippen LogP contribution < -0.4 is 5.32 Å². The van der Waals surface area contributed by atoms with Crippen LogP contribution in [0.2, 0.25) is 0 Å². The predicted octanol–water partition coefficient (Wildman–Crippen LogP) is 4.74. The van der Waals surface area contributed by atoms with Crippen LogP contribution in [-0.2, 0) is 0 Å². The molecule has 1 amide bonds. The van der Waals surface area contributed by atoms with Crippen LogP contribution in [0.4, 0.5) is 5.13 Å². The number of nitrogens with one attached hydrogen (secondary N) is 2. The second kappa shape index (κ2) is 7.23. The summed E-state index contributed by atoms with van der Waals surface area (Å²) in [5, 5.41) is 9.91. The number of hydrogen-bond donors (Lipinski definition) is 2. The Hall–Kier alpha value is -3.78. The van der Waals surface area contributed by atoms with Gasteiger partial charge in [0.1, 0.15) is 11.3 Å². The van der Waals surface area contributed by atoms with E-state index in [1.165, 1.54) is 11.3 Å². The fourth-order valence-electron chi connectivity index (χ4n) is 3.59. The largest absolute Gasteiger partial charge is 0.338 e. The van der Waals surface area contributed by atoms with Crippen LogP contribution in [0.3, 0.4) is 0 Å². The summed E-state index contributed by atoms with van der Waals surface area (Å²) in [6.07, 6.45) is 1.66. The minimum Gasteiger partial charge on any atom is -0.338 e. The smallest absolute Gasteiger partial charge is 0.259 e. The van der Waals surface area contributed by atoms with E-state index in [9.17, 15) is 4.79 Å². The molecule has 0 aliphatic rings. The molecule has 2 aromatic carbocycles. The molecule has 148 valence electrons. The van der Waals surface area contributed by atoms with E-state index in [1.807, 2.05) is 66.4 Å². The second-order valence-corrected chi connectivity index (χ2v) is 7.77. The zero-order valence-electron chi connectivity index (χ0n) is 16.4. The average molecular weight is 414 g/mol. The number of thiazole rings is 1. The third-order valence-corrected chi connectivity index (χ3v) is 5.63. The van der Waals surface area contributed by atoms with Crippen LogP contribution in [0, 0.1) is 13.8 Å². The predicted molar refractivity (Wildman–Crippen MR) is 118 cm³/mol. The van der Waals surface area contributed by atoms with Gasteiger partial charge in [-0.2, -0.15) is 5.10 Å². The van der Waals surface area contributed by atoms with E-state index in [0.717, 1.165) is 28.2 Å². The summed E-state index contributed by atoms with van der Waals surface area (Å²) in [7, 11) is 0. The van der Waals surface area contributed by atoms with Crippen LogP contribution in [0.5, 0.6) is 0 Å². The molecule has 3 aromatic heterocycles. The summed E-state index contributed by atoms with van der Waals surface area (Å²) in [6.45, 7) is 3.98. The normalized spacial score (nSPS) is 11.1. The summed E-state index contributed by atoms with van der Waals surface area (Å²) in [6, 6.07) is 15.5. The molecule has 0 atom stereocenters. The third kappa shape index (κ3) is 3.07. The molecule has 5 aromatic rings. The Morgan fingerprint density at radius 3 is 2.70 bits per heavy atom. The highest BCUT2D eigenvalue weighted by atomic mass is 32.1. The van der Waals surface area contributed by atoms with Gasteiger partial charge < -0.3 is 4.98 Å². The Balaban J connectivity index is 1.58. The molecule has 8 heteroatoms. The highest BCUT2D eigenvalue weighted by Crippen LogP contribution is 2.29. The molecule has 2 N–H and O–H groups in total. The van der Waals surface area contributed by atoms with Crippen molar-refractivity contribution in [1.29, 1.82) is 0 Å². The van der Waals surface area contributed by atoms with Crippen molar-refractivity contribution in [3.63, 3.8) is 0 Å². The summed E-state index contributed by atoms with van der Waals surface area (Å²) < 4.78 is 1.91. The first-order valence-electron chi connectivity index (χ1n) is 9.43. The summed E-state index contributed by atoms with van der Waals surface area (Å²) >= 11 is 1.38. The number of H-pyrrole nitrogens is 1. The Morgan fingerprint density at radius 2 is 1.93 bits per heavy atom. The van der Waals surface area contributed by atoms with Gasteiger partial charge in [0.2, 0.25) is 0 Å². The van der Waals surface area contributed by atoms with Crippen molar-refractivity contribution in [2.45, 2.75) is 13.8 Å². The number of aromatic amines is 1. The molecular weight excluding hydrogens is 396 g/mol. The van der Waals surface area contributed by atoms with Gasteiger partial charge in [-0.25, -0.2) is 14.6 Å². The Bertz CT molecular complexity index is 1350. The third-order valence-electron chi connectivity index (χ3n) is 4.94. The minimum atomic E-state index is -0.234. The number of aryl methyl sites for hydroxylation is 1. The van der Waals surface area contributed by atoms with Crippen molar-refractivity contribution in [1.82, 2.24) is 24.7 Å². The van der Waals surface area contributed by atoms with E-state index in [-0.39, 0.29) is 5.91 Å². The van der Waals surface area contributed by atoms with Crippen LogP contribution in [0.25, 0.3) is 28.1 Å². The Morgan fingerprint density at radius 1 is 1.10 bits per heavy atom. The van der Waals surface area contributed by atoms with E-state index in [2.05, 4.69) is 15.3 Å². The lowest BCUT2D eigenvalue weighted by Gasteiger charge is -2.04. The molecule has 0 spiro atoms. The molecule has 3 heterocycles. The number of hydrogen-bond acceptors (Lipinski definition) is 5. The topological polar surface area (TPSA) is 88.5 Å². The lowest BCUT2D eigenvalue weighted by molar-refractivity contribution is 0.102. The van der Waals surface area contributed by atoms with Gasteiger partial charge in [0.15, 0.2) is 5.13 Å². The van der Waals surface area contributed by atoms with Crippen molar-refractivity contribution < 1.29 is 4.79 Å². The van der Waals surface area contributed by atoms with Crippen molar-refractivity contribution >= 4 is 33.4 Å². The number of para-hydroxylation sites is 2. The molecule has 0 radical (unpaired) electrons. The molecule has 5 rings (SSSR count). The van der Waals surface area contributed by atoms with E-state index in [4.69, 9.17) is 10.1 Å². The molecule has 0 fully saturated rings. The number of nitrogens with zero attached hydrogens (tertiary/aromatic N) is 4. The number of rotatable bonds is 4. The first-order chi connectivity index (χ1) is 14.6.